The minimum Gasteiger partial charge on any atom is -0.493 e. The van der Waals surface area contributed by atoms with E-state index in [2.05, 4.69) is 6.92 Å². The average molecular weight is 232 g/mol. The van der Waals surface area contributed by atoms with Gasteiger partial charge in [0.1, 0.15) is 11.6 Å². The lowest BCUT2D eigenvalue weighted by atomic mass is 10.1. The Morgan fingerprint density at radius 3 is 2.76 bits per heavy atom. The van der Waals surface area contributed by atoms with Crippen LogP contribution in [0.15, 0.2) is 30.3 Å². The molecule has 0 saturated heterocycles. The molecule has 0 aliphatic carbocycles. The van der Waals surface area contributed by atoms with Crippen molar-refractivity contribution in [2.45, 2.75) is 26.7 Å². The molecule has 0 N–H and O–H groups in total. The lowest BCUT2D eigenvalue weighted by molar-refractivity contribution is 0.308. The second kappa shape index (κ2) is 5.17. The summed E-state index contributed by atoms with van der Waals surface area (Å²) in [6.45, 7) is 4.71. The SMILES string of the molecule is CCCCOc1cc(F)c2cc(C)ccc2c1. The zero-order valence-corrected chi connectivity index (χ0v) is 10.3. The van der Waals surface area contributed by atoms with Gasteiger partial charge in [-0.1, -0.05) is 31.0 Å². The number of unbranched alkanes of at least 4 members (excludes halogenated alkanes) is 1. The first kappa shape index (κ1) is 11.9. The topological polar surface area (TPSA) is 9.23 Å². The Morgan fingerprint density at radius 2 is 2.00 bits per heavy atom. The predicted octanol–water partition coefficient (Wildman–Crippen LogP) is 4.47. The fourth-order valence-electron chi connectivity index (χ4n) is 1.82. The minimum atomic E-state index is -0.210. The van der Waals surface area contributed by atoms with Gasteiger partial charge >= 0.3 is 0 Å². The Bertz CT molecular complexity index is 520. The van der Waals surface area contributed by atoms with Crippen molar-refractivity contribution in [2.75, 3.05) is 6.61 Å². The van der Waals surface area contributed by atoms with Crippen LogP contribution in [-0.4, -0.2) is 6.61 Å². The van der Waals surface area contributed by atoms with Crippen LogP contribution in [0, 0.1) is 12.7 Å². The molecule has 2 rings (SSSR count). The highest BCUT2D eigenvalue weighted by Crippen LogP contribution is 2.25. The Hall–Kier alpha value is -1.57. The van der Waals surface area contributed by atoms with Crippen molar-refractivity contribution in [3.63, 3.8) is 0 Å². The van der Waals surface area contributed by atoms with E-state index in [9.17, 15) is 4.39 Å². The van der Waals surface area contributed by atoms with Crippen molar-refractivity contribution in [1.82, 2.24) is 0 Å². The molecule has 90 valence electrons. The van der Waals surface area contributed by atoms with Gasteiger partial charge in [-0.15, -0.1) is 0 Å². The van der Waals surface area contributed by atoms with Crippen LogP contribution >= 0.6 is 0 Å². The molecule has 0 atom stereocenters. The first-order valence-electron chi connectivity index (χ1n) is 6.03. The van der Waals surface area contributed by atoms with Gasteiger partial charge in [0.25, 0.3) is 0 Å². The maximum absolute atomic E-state index is 13.9. The van der Waals surface area contributed by atoms with E-state index in [0.29, 0.717) is 17.7 Å². The molecule has 0 saturated carbocycles. The summed E-state index contributed by atoms with van der Waals surface area (Å²) < 4.78 is 19.4. The second-order valence-electron chi connectivity index (χ2n) is 4.33. The molecule has 0 aromatic heterocycles. The highest BCUT2D eigenvalue weighted by Gasteiger charge is 2.04. The van der Waals surface area contributed by atoms with Gasteiger partial charge in [-0.25, -0.2) is 4.39 Å². The van der Waals surface area contributed by atoms with Crippen molar-refractivity contribution in [3.8, 4) is 5.75 Å². The molecule has 17 heavy (non-hydrogen) atoms. The van der Waals surface area contributed by atoms with Gasteiger partial charge in [-0.2, -0.15) is 0 Å². The molecular weight excluding hydrogens is 215 g/mol. The number of rotatable bonds is 4. The number of aryl methyl sites for hydroxylation is 1. The fourth-order valence-corrected chi connectivity index (χ4v) is 1.82. The number of halogens is 1. The summed E-state index contributed by atoms with van der Waals surface area (Å²) in [5, 5.41) is 1.55. The van der Waals surface area contributed by atoms with Crippen molar-refractivity contribution >= 4 is 10.8 Å². The molecule has 0 spiro atoms. The summed E-state index contributed by atoms with van der Waals surface area (Å²) in [6, 6.07) is 9.14. The van der Waals surface area contributed by atoms with Gasteiger partial charge < -0.3 is 4.74 Å². The van der Waals surface area contributed by atoms with Crippen LogP contribution in [0.3, 0.4) is 0 Å². The Labute approximate surface area is 101 Å². The third-order valence-electron chi connectivity index (χ3n) is 2.80. The maximum Gasteiger partial charge on any atom is 0.134 e. The summed E-state index contributed by atoms with van der Waals surface area (Å²) in [6.07, 6.45) is 2.07. The molecule has 0 heterocycles. The number of hydrogen-bond donors (Lipinski definition) is 0. The fraction of sp³-hybridized carbons (Fsp3) is 0.333. The van der Waals surface area contributed by atoms with E-state index < -0.39 is 0 Å². The number of hydrogen-bond acceptors (Lipinski definition) is 1. The molecular formula is C15H17FO. The van der Waals surface area contributed by atoms with Gasteiger partial charge in [-0.05, 0) is 30.9 Å². The van der Waals surface area contributed by atoms with E-state index in [1.807, 2.05) is 31.2 Å². The van der Waals surface area contributed by atoms with E-state index in [4.69, 9.17) is 4.74 Å². The van der Waals surface area contributed by atoms with E-state index in [-0.39, 0.29) is 5.82 Å². The number of ether oxygens (including phenoxy) is 1. The monoisotopic (exact) mass is 232 g/mol. The van der Waals surface area contributed by atoms with Crippen molar-refractivity contribution in [1.29, 1.82) is 0 Å². The second-order valence-corrected chi connectivity index (χ2v) is 4.33. The molecule has 0 aliphatic rings. The first-order valence-corrected chi connectivity index (χ1v) is 6.03. The van der Waals surface area contributed by atoms with E-state index in [1.54, 1.807) is 0 Å². The first-order chi connectivity index (χ1) is 8.20. The number of fused-ring (bicyclic) bond motifs is 1. The van der Waals surface area contributed by atoms with E-state index in [1.165, 1.54) is 6.07 Å². The van der Waals surface area contributed by atoms with Crippen LogP contribution < -0.4 is 4.74 Å². The Morgan fingerprint density at radius 1 is 1.18 bits per heavy atom. The minimum absolute atomic E-state index is 0.210. The smallest absolute Gasteiger partial charge is 0.134 e. The molecule has 1 nitrogen and oxygen atoms in total. The summed E-state index contributed by atoms with van der Waals surface area (Å²) in [7, 11) is 0. The molecule has 0 unspecified atom stereocenters. The van der Waals surface area contributed by atoms with E-state index in [0.717, 1.165) is 23.8 Å². The van der Waals surface area contributed by atoms with Crippen LogP contribution in [0.5, 0.6) is 5.75 Å². The molecule has 0 fully saturated rings. The lowest BCUT2D eigenvalue weighted by Gasteiger charge is -2.08. The van der Waals surface area contributed by atoms with Gasteiger partial charge in [0.05, 0.1) is 6.61 Å². The highest BCUT2D eigenvalue weighted by molar-refractivity contribution is 5.85. The summed E-state index contributed by atoms with van der Waals surface area (Å²) in [4.78, 5) is 0. The normalized spacial score (nSPS) is 10.8. The number of benzene rings is 2. The molecule has 0 bridgehead atoms. The molecule has 0 aliphatic heterocycles. The van der Waals surface area contributed by atoms with Crippen LogP contribution in [0.25, 0.3) is 10.8 Å². The van der Waals surface area contributed by atoms with Crippen molar-refractivity contribution in [3.05, 3.63) is 41.7 Å². The maximum atomic E-state index is 13.9. The van der Waals surface area contributed by atoms with Crippen LogP contribution in [-0.2, 0) is 0 Å². The zero-order valence-electron chi connectivity index (χ0n) is 10.3. The summed E-state index contributed by atoms with van der Waals surface area (Å²) in [5.74, 6) is 0.407. The Kier molecular flexibility index (Phi) is 3.62. The van der Waals surface area contributed by atoms with Gasteiger partial charge in [0, 0.05) is 11.5 Å². The third-order valence-corrected chi connectivity index (χ3v) is 2.80. The Balaban J connectivity index is 2.32. The highest BCUT2D eigenvalue weighted by atomic mass is 19.1. The third kappa shape index (κ3) is 2.76. The summed E-state index contributed by atoms with van der Waals surface area (Å²) in [5.41, 5.74) is 1.07. The largest absolute Gasteiger partial charge is 0.493 e. The van der Waals surface area contributed by atoms with Crippen LogP contribution in [0.4, 0.5) is 4.39 Å². The lowest BCUT2D eigenvalue weighted by Crippen LogP contribution is -1.97. The molecule has 2 aromatic carbocycles. The van der Waals surface area contributed by atoms with Crippen LogP contribution in [0.2, 0.25) is 0 Å². The van der Waals surface area contributed by atoms with Gasteiger partial charge in [0.2, 0.25) is 0 Å². The van der Waals surface area contributed by atoms with Gasteiger partial charge in [-0.3, -0.25) is 0 Å². The molecule has 0 amide bonds. The summed E-state index contributed by atoms with van der Waals surface area (Å²) >= 11 is 0. The van der Waals surface area contributed by atoms with Gasteiger partial charge in [0.15, 0.2) is 0 Å². The predicted molar refractivity (Wildman–Crippen MR) is 69.0 cm³/mol. The molecule has 2 aromatic rings. The average Bonchev–Trinajstić information content (AvgIpc) is 2.31. The van der Waals surface area contributed by atoms with Crippen molar-refractivity contribution in [2.24, 2.45) is 0 Å². The quantitative estimate of drug-likeness (QED) is 0.707. The molecule has 2 heteroatoms. The molecule has 0 radical (unpaired) electrons. The zero-order chi connectivity index (χ0) is 12.3. The van der Waals surface area contributed by atoms with Crippen LogP contribution in [0.1, 0.15) is 25.3 Å². The van der Waals surface area contributed by atoms with Crippen molar-refractivity contribution < 1.29 is 9.13 Å². The standard InChI is InChI=1S/C15H17FO/c1-3-4-7-17-13-9-12-6-5-11(2)8-14(12)15(16)10-13/h5-6,8-10H,3-4,7H2,1-2H3. The van der Waals surface area contributed by atoms with E-state index >= 15 is 0 Å².